The van der Waals surface area contributed by atoms with Gasteiger partial charge in [-0.25, -0.2) is 4.98 Å². The smallest absolute Gasteiger partial charge is 0.295 e. The Kier molecular flexibility index (Phi) is 2.38. The third-order valence-corrected chi connectivity index (χ3v) is 2.16. The minimum absolute atomic E-state index is 0.0267. The second-order valence-electron chi connectivity index (χ2n) is 3.01. The number of carbonyl (C=O) groups is 1. The van der Waals surface area contributed by atoms with Crippen molar-refractivity contribution in [2.24, 2.45) is 0 Å². The molecule has 0 aromatic carbocycles. The summed E-state index contributed by atoms with van der Waals surface area (Å²) in [6.07, 6.45) is -3.40. The van der Waals surface area contributed by atoms with Gasteiger partial charge in [0.2, 0.25) is 0 Å². The zero-order valence-electron chi connectivity index (χ0n) is 7.62. The molecule has 0 saturated carbocycles. The quantitative estimate of drug-likeness (QED) is 0.727. The van der Waals surface area contributed by atoms with Gasteiger partial charge in [-0.2, -0.15) is 13.2 Å². The molecule has 2 heterocycles. The monoisotopic (exact) mass is 248 g/mol. The van der Waals surface area contributed by atoms with Crippen molar-refractivity contribution in [3.05, 3.63) is 35.8 Å². The van der Waals surface area contributed by atoms with Crippen LogP contribution < -0.4 is 0 Å². The highest BCUT2D eigenvalue weighted by Crippen LogP contribution is 2.32. The third-order valence-electron chi connectivity index (χ3n) is 1.98. The zero-order chi connectivity index (χ0) is 11.9. The molecule has 7 heteroatoms. The molecule has 2 rings (SSSR count). The van der Waals surface area contributed by atoms with E-state index in [0.717, 1.165) is 4.40 Å². The lowest BCUT2D eigenvalue weighted by Crippen LogP contribution is -2.11. The van der Waals surface area contributed by atoms with Gasteiger partial charge in [0, 0.05) is 6.20 Å². The van der Waals surface area contributed by atoms with Gasteiger partial charge in [-0.15, -0.1) is 0 Å². The van der Waals surface area contributed by atoms with E-state index in [1.165, 1.54) is 24.4 Å². The average Bonchev–Trinajstić information content (AvgIpc) is 2.55. The average molecular weight is 249 g/mol. The maximum Gasteiger partial charge on any atom is 0.435 e. The fourth-order valence-corrected chi connectivity index (χ4v) is 1.56. The molecule has 0 fully saturated rings. The van der Waals surface area contributed by atoms with Crippen LogP contribution in [0, 0.1) is 0 Å². The van der Waals surface area contributed by atoms with Gasteiger partial charge in [0.25, 0.3) is 5.24 Å². The first-order valence-corrected chi connectivity index (χ1v) is 4.53. The number of nitrogens with zero attached hydrogens (tertiary/aromatic N) is 2. The summed E-state index contributed by atoms with van der Waals surface area (Å²) in [5.74, 6) is 0. The van der Waals surface area contributed by atoms with Gasteiger partial charge in [-0.05, 0) is 23.7 Å². The van der Waals surface area contributed by atoms with Crippen molar-refractivity contribution < 1.29 is 18.0 Å². The van der Waals surface area contributed by atoms with E-state index in [1.54, 1.807) is 0 Å². The molecule has 0 amide bonds. The van der Waals surface area contributed by atoms with Crippen molar-refractivity contribution in [1.29, 1.82) is 0 Å². The van der Waals surface area contributed by atoms with E-state index >= 15 is 0 Å². The molecule has 84 valence electrons. The molecule has 0 saturated heterocycles. The van der Waals surface area contributed by atoms with Crippen LogP contribution in [0.25, 0.3) is 5.65 Å². The number of hydrogen-bond donors (Lipinski definition) is 0. The molecule has 0 atom stereocenters. The summed E-state index contributed by atoms with van der Waals surface area (Å²) < 4.78 is 38.7. The molecule has 0 bridgehead atoms. The van der Waals surface area contributed by atoms with Gasteiger partial charge >= 0.3 is 6.18 Å². The standard InChI is InChI=1S/C9H4ClF3N2O/c10-8(16)6-7(9(11,12)13)14-5-3-1-2-4-15(5)6/h1-4H. The Morgan fingerprint density at radius 2 is 2.06 bits per heavy atom. The van der Waals surface area contributed by atoms with E-state index < -0.39 is 22.8 Å². The highest BCUT2D eigenvalue weighted by Gasteiger charge is 2.39. The SMILES string of the molecule is O=C(Cl)c1c(C(F)(F)F)nc2ccccn12. The lowest BCUT2D eigenvalue weighted by atomic mass is 10.3. The number of hydrogen-bond acceptors (Lipinski definition) is 2. The molecule has 2 aromatic rings. The molecule has 0 unspecified atom stereocenters. The maximum atomic E-state index is 12.6. The number of imidazole rings is 1. The van der Waals surface area contributed by atoms with Crippen molar-refractivity contribution in [3.63, 3.8) is 0 Å². The van der Waals surface area contributed by atoms with Crippen LogP contribution in [0.4, 0.5) is 13.2 Å². The van der Waals surface area contributed by atoms with Crippen molar-refractivity contribution in [2.45, 2.75) is 6.18 Å². The number of carbonyl (C=O) groups excluding carboxylic acids is 1. The van der Waals surface area contributed by atoms with E-state index in [1.807, 2.05) is 0 Å². The van der Waals surface area contributed by atoms with Crippen LogP contribution in [-0.4, -0.2) is 14.6 Å². The Labute approximate surface area is 92.5 Å². The van der Waals surface area contributed by atoms with Crippen LogP contribution in [0.1, 0.15) is 16.2 Å². The first-order valence-electron chi connectivity index (χ1n) is 4.15. The lowest BCUT2D eigenvalue weighted by molar-refractivity contribution is -0.141. The van der Waals surface area contributed by atoms with Crippen LogP contribution in [0.5, 0.6) is 0 Å². The number of pyridine rings is 1. The number of halogens is 4. The molecular formula is C9H4ClF3N2O. The van der Waals surface area contributed by atoms with Gasteiger partial charge in [-0.1, -0.05) is 6.07 Å². The van der Waals surface area contributed by atoms with Crippen LogP contribution in [0.2, 0.25) is 0 Å². The Bertz CT molecular complexity index is 561. The number of aromatic nitrogens is 2. The first-order chi connectivity index (χ1) is 7.41. The zero-order valence-corrected chi connectivity index (χ0v) is 8.38. The Balaban J connectivity index is 2.84. The Morgan fingerprint density at radius 3 is 2.62 bits per heavy atom. The van der Waals surface area contributed by atoms with Crippen LogP contribution >= 0.6 is 11.6 Å². The van der Waals surface area contributed by atoms with Crippen LogP contribution in [0.3, 0.4) is 0 Å². The van der Waals surface area contributed by atoms with Gasteiger partial charge in [0.15, 0.2) is 5.69 Å². The molecule has 0 spiro atoms. The van der Waals surface area contributed by atoms with Crippen molar-refractivity contribution in [2.75, 3.05) is 0 Å². The molecule has 0 N–H and O–H groups in total. The molecule has 0 aliphatic carbocycles. The fourth-order valence-electron chi connectivity index (χ4n) is 1.38. The molecule has 0 aliphatic rings. The largest absolute Gasteiger partial charge is 0.435 e. The summed E-state index contributed by atoms with van der Waals surface area (Å²) in [5, 5.41) is -1.19. The second kappa shape index (κ2) is 3.48. The molecule has 0 radical (unpaired) electrons. The van der Waals surface area contributed by atoms with E-state index in [9.17, 15) is 18.0 Å². The normalized spacial score (nSPS) is 12.0. The van der Waals surface area contributed by atoms with Crippen molar-refractivity contribution in [3.8, 4) is 0 Å². The number of rotatable bonds is 1. The summed E-state index contributed by atoms with van der Waals surface area (Å²) in [4.78, 5) is 14.3. The first kappa shape index (κ1) is 10.9. The molecular weight excluding hydrogens is 245 g/mol. The van der Waals surface area contributed by atoms with E-state index in [0.29, 0.717) is 0 Å². The minimum atomic E-state index is -4.70. The summed E-state index contributed by atoms with van der Waals surface area (Å²) >= 11 is 5.13. The van der Waals surface area contributed by atoms with E-state index in [4.69, 9.17) is 11.6 Å². The van der Waals surface area contributed by atoms with Crippen molar-refractivity contribution >= 4 is 22.5 Å². The summed E-state index contributed by atoms with van der Waals surface area (Å²) in [5.41, 5.74) is -1.90. The molecule has 16 heavy (non-hydrogen) atoms. The van der Waals surface area contributed by atoms with Gasteiger partial charge in [0.05, 0.1) is 0 Å². The number of alkyl halides is 3. The second-order valence-corrected chi connectivity index (χ2v) is 3.35. The highest BCUT2D eigenvalue weighted by atomic mass is 35.5. The van der Waals surface area contributed by atoms with Gasteiger partial charge in [0.1, 0.15) is 11.3 Å². The minimum Gasteiger partial charge on any atom is -0.295 e. The predicted molar refractivity (Wildman–Crippen MR) is 50.4 cm³/mol. The molecule has 2 aromatic heterocycles. The summed E-state index contributed by atoms with van der Waals surface area (Å²) in [6.45, 7) is 0. The van der Waals surface area contributed by atoms with Gasteiger partial charge < -0.3 is 0 Å². The van der Waals surface area contributed by atoms with E-state index in [-0.39, 0.29) is 5.65 Å². The maximum absolute atomic E-state index is 12.6. The highest BCUT2D eigenvalue weighted by molar-refractivity contribution is 6.67. The lowest BCUT2D eigenvalue weighted by Gasteiger charge is -2.03. The Hall–Kier alpha value is -1.56. The Morgan fingerprint density at radius 1 is 1.38 bits per heavy atom. The summed E-state index contributed by atoms with van der Waals surface area (Å²) in [7, 11) is 0. The van der Waals surface area contributed by atoms with Crippen LogP contribution in [-0.2, 0) is 6.18 Å². The topological polar surface area (TPSA) is 34.4 Å². The third kappa shape index (κ3) is 1.65. The van der Waals surface area contributed by atoms with E-state index in [2.05, 4.69) is 4.98 Å². The molecule has 3 nitrogen and oxygen atoms in total. The fraction of sp³-hybridized carbons (Fsp3) is 0.111. The summed E-state index contributed by atoms with van der Waals surface area (Å²) in [6, 6.07) is 4.36. The van der Waals surface area contributed by atoms with Gasteiger partial charge in [-0.3, -0.25) is 9.20 Å². The van der Waals surface area contributed by atoms with Crippen molar-refractivity contribution in [1.82, 2.24) is 9.38 Å². The number of fused-ring (bicyclic) bond motifs is 1. The predicted octanol–water partition coefficient (Wildman–Crippen LogP) is 2.73. The molecule has 0 aliphatic heterocycles. The van der Waals surface area contributed by atoms with Crippen LogP contribution in [0.15, 0.2) is 24.4 Å².